The average Bonchev–Trinajstić information content (AvgIpc) is 2.63. The van der Waals surface area contributed by atoms with E-state index in [0.29, 0.717) is 36.2 Å². The Hall–Kier alpha value is -2.38. The molecule has 3 N–H and O–H groups in total. The van der Waals surface area contributed by atoms with Gasteiger partial charge >= 0.3 is 6.18 Å². The summed E-state index contributed by atoms with van der Waals surface area (Å²) in [4.78, 5) is 12.4. The number of amides is 1. The topological polar surface area (TPSA) is 61.4 Å². The number of aliphatic hydroxyl groups is 1. The molecule has 2 atom stereocenters. The molecule has 0 unspecified atom stereocenters. The molecule has 3 rings (SSSR count). The highest BCUT2D eigenvalue weighted by atomic mass is 19.4. The monoisotopic (exact) mass is 364 g/mol. The first-order valence-corrected chi connectivity index (χ1v) is 8.32. The molecule has 1 amide bonds. The van der Waals surface area contributed by atoms with Gasteiger partial charge in [0, 0.05) is 12.1 Å². The van der Waals surface area contributed by atoms with E-state index in [2.05, 4.69) is 10.6 Å². The van der Waals surface area contributed by atoms with Gasteiger partial charge in [0.05, 0.1) is 17.7 Å². The predicted octanol–water partition coefficient (Wildman–Crippen LogP) is 2.83. The molecule has 4 nitrogen and oxygen atoms in total. The van der Waals surface area contributed by atoms with Crippen LogP contribution in [0, 0.1) is 0 Å². The van der Waals surface area contributed by atoms with Gasteiger partial charge < -0.3 is 15.7 Å². The van der Waals surface area contributed by atoms with Crippen molar-refractivity contribution in [3.05, 3.63) is 59.7 Å². The van der Waals surface area contributed by atoms with Crippen LogP contribution >= 0.6 is 0 Å². The summed E-state index contributed by atoms with van der Waals surface area (Å²) in [6, 6.07) is 11.0. The summed E-state index contributed by atoms with van der Waals surface area (Å²) in [6.07, 6.45) is -4.49. The zero-order valence-corrected chi connectivity index (χ0v) is 13.9. The summed E-state index contributed by atoms with van der Waals surface area (Å²) in [7, 11) is 0. The van der Waals surface area contributed by atoms with Crippen molar-refractivity contribution in [1.82, 2.24) is 10.6 Å². The second kappa shape index (κ2) is 7.47. The quantitative estimate of drug-likeness (QED) is 0.785. The van der Waals surface area contributed by atoms with Gasteiger partial charge in [-0.15, -0.1) is 0 Å². The molecule has 0 radical (unpaired) electrons. The number of aliphatic hydroxyl groups excluding tert-OH is 1. The Labute approximate surface area is 149 Å². The van der Waals surface area contributed by atoms with Crippen LogP contribution in [0.1, 0.15) is 22.3 Å². The van der Waals surface area contributed by atoms with Crippen LogP contribution in [0.4, 0.5) is 13.2 Å². The molecule has 0 saturated carbocycles. The standard InChI is InChI=1S/C19H19F3N2O2/c20-19(21,22)15-6-2-4-13(10-15)12-3-1-5-14(9-12)18(26)24-16-11-23-8-7-17(16)25/h1-6,9-10,16-17,23,25H,7-8,11H2,(H,24,26)/t16-,17-/m1/s1. The lowest BCUT2D eigenvalue weighted by Gasteiger charge is -2.29. The third-order valence-corrected chi connectivity index (χ3v) is 4.41. The molecular formula is C19H19F3N2O2. The molecule has 0 aliphatic carbocycles. The Morgan fingerprint density at radius 1 is 1.12 bits per heavy atom. The molecule has 26 heavy (non-hydrogen) atoms. The van der Waals surface area contributed by atoms with Crippen molar-refractivity contribution in [2.45, 2.75) is 24.7 Å². The molecule has 1 aliphatic heterocycles. The summed E-state index contributed by atoms with van der Waals surface area (Å²) < 4.78 is 38.7. The zero-order valence-electron chi connectivity index (χ0n) is 13.9. The molecule has 7 heteroatoms. The fourth-order valence-electron chi connectivity index (χ4n) is 2.96. The van der Waals surface area contributed by atoms with Crippen LogP contribution in [0.25, 0.3) is 11.1 Å². The van der Waals surface area contributed by atoms with Crippen molar-refractivity contribution in [2.24, 2.45) is 0 Å². The van der Waals surface area contributed by atoms with Gasteiger partial charge in [-0.2, -0.15) is 13.2 Å². The molecule has 1 saturated heterocycles. The van der Waals surface area contributed by atoms with Crippen LogP contribution in [0.5, 0.6) is 0 Å². The molecule has 138 valence electrons. The SMILES string of the molecule is O=C(N[C@@H]1CNCC[C@H]1O)c1cccc(-c2cccc(C(F)(F)F)c2)c1. The normalized spacial score (nSPS) is 20.6. The Bertz CT molecular complexity index is 792. The largest absolute Gasteiger partial charge is 0.416 e. The number of nitrogens with one attached hydrogen (secondary N) is 2. The molecular weight excluding hydrogens is 345 g/mol. The minimum atomic E-state index is -4.42. The van der Waals surface area contributed by atoms with Gasteiger partial charge in [-0.3, -0.25) is 4.79 Å². The minimum absolute atomic E-state index is 0.331. The Morgan fingerprint density at radius 2 is 1.81 bits per heavy atom. The van der Waals surface area contributed by atoms with E-state index in [0.717, 1.165) is 12.1 Å². The molecule has 1 fully saturated rings. The third-order valence-electron chi connectivity index (χ3n) is 4.41. The number of piperidine rings is 1. The van der Waals surface area contributed by atoms with Gasteiger partial charge in [-0.1, -0.05) is 24.3 Å². The first-order valence-electron chi connectivity index (χ1n) is 8.32. The van der Waals surface area contributed by atoms with Crippen LogP contribution < -0.4 is 10.6 Å². The van der Waals surface area contributed by atoms with E-state index in [4.69, 9.17) is 0 Å². The molecule has 1 aliphatic rings. The molecule has 1 heterocycles. The van der Waals surface area contributed by atoms with Crippen molar-refractivity contribution >= 4 is 5.91 Å². The van der Waals surface area contributed by atoms with Crippen LogP contribution in [0.2, 0.25) is 0 Å². The van der Waals surface area contributed by atoms with Gasteiger partial charge in [-0.05, 0) is 48.4 Å². The lowest BCUT2D eigenvalue weighted by Crippen LogP contribution is -2.53. The summed E-state index contributed by atoms with van der Waals surface area (Å²) in [5.41, 5.74) is 0.499. The fourth-order valence-corrected chi connectivity index (χ4v) is 2.96. The van der Waals surface area contributed by atoms with E-state index >= 15 is 0 Å². The van der Waals surface area contributed by atoms with E-state index < -0.39 is 23.9 Å². The maximum absolute atomic E-state index is 12.9. The highest BCUT2D eigenvalue weighted by Gasteiger charge is 2.30. The maximum Gasteiger partial charge on any atom is 0.416 e. The van der Waals surface area contributed by atoms with Crippen molar-refractivity contribution in [2.75, 3.05) is 13.1 Å². The van der Waals surface area contributed by atoms with E-state index in [-0.39, 0.29) is 5.91 Å². The smallest absolute Gasteiger partial charge is 0.391 e. The van der Waals surface area contributed by atoms with Gasteiger partial charge in [0.1, 0.15) is 0 Å². The number of hydrogen-bond acceptors (Lipinski definition) is 3. The number of benzene rings is 2. The van der Waals surface area contributed by atoms with E-state index in [1.807, 2.05) is 0 Å². The van der Waals surface area contributed by atoms with Crippen molar-refractivity contribution in [3.8, 4) is 11.1 Å². The van der Waals surface area contributed by atoms with Gasteiger partial charge in [0.25, 0.3) is 5.91 Å². The number of halogens is 3. The summed E-state index contributed by atoms with van der Waals surface area (Å²) in [6.45, 7) is 1.17. The van der Waals surface area contributed by atoms with Crippen LogP contribution in [0.3, 0.4) is 0 Å². The number of alkyl halides is 3. The van der Waals surface area contributed by atoms with Crippen molar-refractivity contribution < 1.29 is 23.1 Å². The third kappa shape index (κ3) is 4.23. The first-order chi connectivity index (χ1) is 12.3. The Kier molecular flexibility index (Phi) is 5.29. The summed E-state index contributed by atoms with van der Waals surface area (Å²) >= 11 is 0. The number of carbonyl (C=O) groups is 1. The van der Waals surface area contributed by atoms with E-state index in [1.54, 1.807) is 30.3 Å². The second-order valence-corrected chi connectivity index (χ2v) is 6.30. The highest BCUT2D eigenvalue weighted by molar-refractivity contribution is 5.95. The van der Waals surface area contributed by atoms with Gasteiger partial charge in [0.15, 0.2) is 0 Å². The molecule has 2 aromatic carbocycles. The van der Waals surface area contributed by atoms with Crippen molar-refractivity contribution in [1.29, 1.82) is 0 Å². The van der Waals surface area contributed by atoms with Gasteiger partial charge in [-0.25, -0.2) is 0 Å². The van der Waals surface area contributed by atoms with Crippen LogP contribution in [-0.4, -0.2) is 36.2 Å². The van der Waals surface area contributed by atoms with Gasteiger partial charge in [0.2, 0.25) is 0 Å². The molecule has 0 aromatic heterocycles. The molecule has 0 spiro atoms. The second-order valence-electron chi connectivity index (χ2n) is 6.30. The Balaban J connectivity index is 1.81. The van der Waals surface area contributed by atoms with Crippen molar-refractivity contribution in [3.63, 3.8) is 0 Å². The number of rotatable bonds is 3. The minimum Gasteiger partial charge on any atom is -0.391 e. The highest BCUT2D eigenvalue weighted by Crippen LogP contribution is 2.32. The van der Waals surface area contributed by atoms with Crippen LogP contribution in [-0.2, 0) is 6.18 Å². The summed E-state index contributed by atoms with van der Waals surface area (Å²) in [5.74, 6) is -0.369. The lowest BCUT2D eigenvalue weighted by atomic mass is 10.00. The average molecular weight is 364 g/mol. The molecule has 2 aromatic rings. The number of carbonyl (C=O) groups excluding carboxylic acids is 1. The number of hydrogen-bond donors (Lipinski definition) is 3. The van der Waals surface area contributed by atoms with E-state index in [9.17, 15) is 23.1 Å². The van der Waals surface area contributed by atoms with E-state index in [1.165, 1.54) is 6.07 Å². The predicted molar refractivity (Wildman–Crippen MR) is 91.6 cm³/mol. The van der Waals surface area contributed by atoms with Crippen LogP contribution in [0.15, 0.2) is 48.5 Å². The first kappa shape index (κ1) is 18.4. The Morgan fingerprint density at radius 3 is 2.50 bits per heavy atom. The maximum atomic E-state index is 12.9. The lowest BCUT2D eigenvalue weighted by molar-refractivity contribution is -0.137. The zero-order chi connectivity index (χ0) is 18.7. The summed E-state index contributed by atoms with van der Waals surface area (Å²) in [5, 5.41) is 15.8. The molecule has 0 bridgehead atoms. The fraction of sp³-hybridized carbons (Fsp3) is 0.316.